The topological polar surface area (TPSA) is 54.0 Å². The molecule has 0 atom stereocenters. The first-order valence-corrected chi connectivity index (χ1v) is 5.68. The van der Waals surface area contributed by atoms with Crippen molar-refractivity contribution < 1.29 is 4.79 Å². The Labute approximate surface area is 99.4 Å². The first-order valence-electron chi connectivity index (χ1n) is 5.30. The number of amides is 1. The quantitative estimate of drug-likeness (QED) is 0.787. The van der Waals surface area contributed by atoms with Gasteiger partial charge < -0.3 is 10.6 Å². The van der Waals surface area contributed by atoms with Crippen LogP contribution in [0, 0.1) is 6.92 Å². The summed E-state index contributed by atoms with van der Waals surface area (Å²) in [5, 5.41) is 6.20. The Morgan fingerprint density at radius 2 is 2.38 bits per heavy atom. The third kappa shape index (κ3) is 3.18. The number of anilines is 1. The molecule has 1 fully saturated rings. The predicted molar refractivity (Wildman–Crippen MR) is 63.6 cm³/mol. The van der Waals surface area contributed by atoms with Crippen LogP contribution in [0.2, 0.25) is 5.15 Å². The number of pyridine rings is 1. The van der Waals surface area contributed by atoms with E-state index in [2.05, 4.69) is 15.6 Å². The number of aryl methyl sites for hydroxylation is 1. The summed E-state index contributed by atoms with van der Waals surface area (Å²) < 4.78 is 0. The van der Waals surface area contributed by atoms with E-state index < -0.39 is 0 Å². The Bertz CT molecular complexity index is 404. The Balaban J connectivity index is 1.91. The van der Waals surface area contributed by atoms with Gasteiger partial charge in [-0.1, -0.05) is 11.6 Å². The molecule has 1 aliphatic carbocycles. The van der Waals surface area contributed by atoms with E-state index in [-0.39, 0.29) is 5.91 Å². The minimum Gasteiger partial charge on any atom is -0.322 e. The molecule has 1 amide bonds. The van der Waals surface area contributed by atoms with Crippen LogP contribution in [0.25, 0.3) is 0 Å². The maximum Gasteiger partial charge on any atom is 0.238 e. The molecule has 5 heteroatoms. The van der Waals surface area contributed by atoms with E-state index in [9.17, 15) is 4.79 Å². The summed E-state index contributed by atoms with van der Waals surface area (Å²) in [6, 6.07) is 2.33. The fourth-order valence-electron chi connectivity index (χ4n) is 1.36. The lowest BCUT2D eigenvalue weighted by Crippen LogP contribution is -2.29. The van der Waals surface area contributed by atoms with Crippen LogP contribution in [0.15, 0.2) is 12.3 Å². The minimum atomic E-state index is -0.0822. The van der Waals surface area contributed by atoms with Gasteiger partial charge in [-0.15, -0.1) is 0 Å². The van der Waals surface area contributed by atoms with Gasteiger partial charge in [0.15, 0.2) is 5.15 Å². The highest BCUT2D eigenvalue weighted by atomic mass is 35.5. The molecule has 0 radical (unpaired) electrons. The van der Waals surface area contributed by atoms with Gasteiger partial charge in [0.2, 0.25) is 5.91 Å². The molecule has 0 saturated heterocycles. The first-order chi connectivity index (χ1) is 7.65. The summed E-state index contributed by atoms with van der Waals surface area (Å²) >= 11 is 5.87. The van der Waals surface area contributed by atoms with Crippen molar-refractivity contribution in [3.8, 4) is 0 Å². The monoisotopic (exact) mass is 239 g/mol. The van der Waals surface area contributed by atoms with Crippen molar-refractivity contribution in [1.29, 1.82) is 0 Å². The number of aromatic nitrogens is 1. The minimum absolute atomic E-state index is 0.0822. The fraction of sp³-hybridized carbons (Fsp3) is 0.455. The summed E-state index contributed by atoms with van der Waals surface area (Å²) in [6.07, 6.45) is 4.00. The van der Waals surface area contributed by atoms with E-state index in [1.165, 1.54) is 12.8 Å². The molecule has 2 rings (SSSR count). The number of hydrogen-bond acceptors (Lipinski definition) is 3. The van der Waals surface area contributed by atoms with Gasteiger partial charge in [-0.25, -0.2) is 4.98 Å². The SMILES string of the molecule is Cc1cnc(Cl)c(NC(=O)CNC2CC2)c1. The summed E-state index contributed by atoms with van der Waals surface area (Å²) in [6.45, 7) is 2.23. The van der Waals surface area contributed by atoms with Crippen LogP contribution in [0.1, 0.15) is 18.4 Å². The van der Waals surface area contributed by atoms with Crippen molar-refractivity contribution in [3.63, 3.8) is 0 Å². The van der Waals surface area contributed by atoms with Crippen LogP contribution in [-0.4, -0.2) is 23.5 Å². The third-order valence-electron chi connectivity index (χ3n) is 2.38. The zero-order chi connectivity index (χ0) is 11.5. The summed E-state index contributed by atoms with van der Waals surface area (Å²) in [5.74, 6) is -0.0822. The van der Waals surface area contributed by atoms with Crippen LogP contribution in [0.5, 0.6) is 0 Å². The smallest absolute Gasteiger partial charge is 0.238 e. The van der Waals surface area contributed by atoms with Crippen LogP contribution in [-0.2, 0) is 4.79 Å². The molecule has 1 heterocycles. The third-order valence-corrected chi connectivity index (χ3v) is 2.68. The van der Waals surface area contributed by atoms with Gasteiger partial charge in [-0.3, -0.25) is 4.79 Å². The second-order valence-electron chi connectivity index (χ2n) is 4.05. The van der Waals surface area contributed by atoms with Gasteiger partial charge >= 0.3 is 0 Å². The van der Waals surface area contributed by atoms with Crippen LogP contribution in [0.4, 0.5) is 5.69 Å². The summed E-state index contributed by atoms with van der Waals surface area (Å²) in [7, 11) is 0. The van der Waals surface area contributed by atoms with Gasteiger partial charge in [0.05, 0.1) is 12.2 Å². The standard InChI is InChI=1S/C11H14ClN3O/c1-7-4-9(11(12)14-5-7)15-10(16)6-13-8-2-3-8/h4-5,8,13H,2-3,6H2,1H3,(H,15,16). The second kappa shape index (κ2) is 4.80. The van der Waals surface area contributed by atoms with Gasteiger partial charge in [-0.05, 0) is 31.4 Å². The number of carbonyl (C=O) groups is 1. The fourth-order valence-corrected chi connectivity index (χ4v) is 1.51. The molecular formula is C11H14ClN3O. The van der Waals surface area contributed by atoms with Crippen molar-refractivity contribution >= 4 is 23.2 Å². The lowest BCUT2D eigenvalue weighted by Gasteiger charge is -2.07. The number of nitrogens with one attached hydrogen (secondary N) is 2. The average molecular weight is 240 g/mol. The van der Waals surface area contributed by atoms with Crippen molar-refractivity contribution in [2.24, 2.45) is 0 Å². The maximum atomic E-state index is 11.5. The molecule has 0 spiro atoms. The Morgan fingerprint density at radius 1 is 1.62 bits per heavy atom. The van der Waals surface area contributed by atoms with Gasteiger partial charge in [-0.2, -0.15) is 0 Å². The predicted octanol–water partition coefficient (Wildman–Crippen LogP) is 1.73. The molecule has 86 valence electrons. The molecule has 1 aliphatic rings. The molecule has 1 saturated carbocycles. The van der Waals surface area contributed by atoms with Crippen molar-refractivity contribution in [1.82, 2.24) is 10.3 Å². The van der Waals surface area contributed by atoms with E-state index >= 15 is 0 Å². The summed E-state index contributed by atoms with van der Waals surface area (Å²) in [4.78, 5) is 15.5. The highest BCUT2D eigenvalue weighted by molar-refractivity contribution is 6.32. The first kappa shape index (κ1) is 11.4. The number of hydrogen-bond donors (Lipinski definition) is 2. The molecule has 0 aromatic carbocycles. The molecule has 16 heavy (non-hydrogen) atoms. The molecule has 1 aromatic rings. The molecule has 0 unspecified atom stereocenters. The molecular weight excluding hydrogens is 226 g/mol. The highest BCUT2D eigenvalue weighted by Gasteiger charge is 2.21. The van der Waals surface area contributed by atoms with Crippen LogP contribution >= 0.6 is 11.6 Å². The van der Waals surface area contributed by atoms with Crippen molar-refractivity contribution in [2.45, 2.75) is 25.8 Å². The number of rotatable bonds is 4. The average Bonchev–Trinajstić information content (AvgIpc) is 3.04. The van der Waals surface area contributed by atoms with Crippen LogP contribution < -0.4 is 10.6 Å². The van der Waals surface area contributed by atoms with E-state index in [1.807, 2.05) is 13.0 Å². The van der Waals surface area contributed by atoms with E-state index in [0.29, 0.717) is 23.4 Å². The Morgan fingerprint density at radius 3 is 3.06 bits per heavy atom. The maximum absolute atomic E-state index is 11.5. The van der Waals surface area contributed by atoms with Crippen molar-refractivity contribution in [3.05, 3.63) is 23.0 Å². The highest BCUT2D eigenvalue weighted by Crippen LogP contribution is 2.20. The molecule has 4 nitrogen and oxygen atoms in total. The second-order valence-corrected chi connectivity index (χ2v) is 4.41. The van der Waals surface area contributed by atoms with Crippen molar-refractivity contribution in [2.75, 3.05) is 11.9 Å². The number of carbonyl (C=O) groups excluding carboxylic acids is 1. The molecule has 1 aromatic heterocycles. The molecule has 0 bridgehead atoms. The van der Waals surface area contributed by atoms with E-state index in [0.717, 1.165) is 5.56 Å². The Hall–Kier alpha value is -1.13. The van der Waals surface area contributed by atoms with Gasteiger partial charge in [0.25, 0.3) is 0 Å². The lowest BCUT2D eigenvalue weighted by molar-refractivity contribution is -0.115. The molecule has 2 N–H and O–H groups in total. The van der Waals surface area contributed by atoms with Gasteiger partial charge in [0.1, 0.15) is 0 Å². The molecule has 0 aliphatic heterocycles. The zero-order valence-corrected chi connectivity index (χ0v) is 9.84. The lowest BCUT2D eigenvalue weighted by atomic mass is 10.3. The van der Waals surface area contributed by atoms with Crippen LogP contribution in [0.3, 0.4) is 0 Å². The largest absolute Gasteiger partial charge is 0.322 e. The number of halogens is 1. The van der Waals surface area contributed by atoms with E-state index in [1.54, 1.807) is 6.20 Å². The Kier molecular flexibility index (Phi) is 3.41. The van der Waals surface area contributed by atoms with Gasteiger partial charge in [0, 0.05) is 12.2 Å². The summed E-state index contributed by atoms with van der Waals surface area (Å²) in [5.41, 5.74) is 1.54. The zero-order valence-electron chi connectivity index (χ0n) is 9.09. The number of nitrogens with zero attached hydrogens (tertiary/aromatic N) is 1. The normalized spacial score (nSPS) is 14.9. The van der Waals surface area contributed by atoms with E-state index in [4.69, 9.17) is 11.6 Å².